The van der Waals surface area contributed by atoms with E-state index in [0.29, 0.717) is 23.9 Å². The molecule has 37 heavy (non-hydrogen) atoms. The number of rotatable bonds is 7. The van der Waals surface area contributed by atoms with Gasteiger partial charge in [-0.2, -0.15) is 17.5 Å². The zero-order chi connectivity index (χ0) is 27.8. The molecule has 1 amide bonds. The summed E-state index contributed by atoms with van der Waals surface area (Å²) in [5.74, 6) is -0.173. The predicted octanol–water partition coefficient (Wildman–Crippen LogP) is 3.75. The molecule has 1 N–H and O–H groups in total. The van der Waals surface area contributed by atoms with Gasteiger partial charge in [0.15, 0.2) is 5.60 Å². The summed E-state index contributed by atoms with van der Waals surface area (Å²) in [5, 5.41) is 10.0. The molecule has 12 heteroatoms. The first-order chi connectivity index (χ1) is 17.1. The zero-order valence-electron chi connectivity index (χ0n) is 21.2. The lowest BCUT2D eigenvalue weighted by atomic mass is 9.95. The van der Waals surface area contributed by atoms with Crippen molar-refractivity contribution < 1.29 is 31.5 Å². The molecule has 0 saturated carbocycles. The third-order valence-corrected chi connectivity index (χ3v) is 9.24. The highest BCUT2D eigenvalue weighted by Crippen LogP contribution is 2.39. The maximum absolute atomic E-state index is 13.4. The molecule has 1 aliphatic heterocycles. The van der Waals surface area contributed by atoms with Crippen LogP contribution in [0.15, 0.2) is 47.4 Å². The van der Waals surface area contributed by atoms with E-state index < -0.39 is 27.8 Å². The Morgan fingerprint density at radius 3 is 2.35 bits per heavy atom. The van der Waals surface area contributed by atoms with Gasteiger partial charge in [0.2, 0.25) is 15.9 Å². The smallest absolute Gasteiger partial charge is 0.376 e. The van der Waals surface area contributed by atoms with Crippen LogP contribution in [0, 0.1) is 0 Å². The fraction of sp³-hybridized carbons (Fsp3) is 0.520. The first-order valence-electron chi connectivity index (χ1n) is 11.9. The minimum atomic E-state index is -4.85. The Kier molecular flexibility index (Phi) is 8.57. The van der Waals surface area contributed by atoms with E-state index in [4.69, 9.17) is 12.2 Å². The molecule has 0 bridgehead atoms. The quantitative estimate of drug-likeness (QED) is 0.513. The lowest BCUT2D eigenvalue weighted by Gasteiger charge is -2.44. The van der Waals surface area contributed by atoms with Crippen LogP contribution in [0.4, 0.5) is 18.9 Å². The van der Waals surface area contributed by atoms with E-state index in [1.807, 2.05) is 18.7 Å². The normalized spacial score (nSPS) is 21.1. The minimum Gasteiger partial charge on any atom is -0.376 e. The van der Waals surface area contributed by atoms with Gasteiger partial charge in [0.1, 0.15) is 0 Å². The van der Waals surface area contributed by atoms with Gasteiger partial charge in [-0.05, 0) is 44.5 Å². The Morgan fingerprint density at radius 2 is 1.84 bits per heavy atom. The number of anilines is 1. The third-order valence-electron chi connectivity index (χ3n) is 6.77. The average Bonchev–Trinajstić information content (AvgIpc) is 2.81. The molecule has 204 valence electrons. The van der Waals surface area contributed by atoms with Gasteiger partial charge in [-0.15, -0.1) is 0 Å². The Morgan fingerprint density at radius 1 is 1.22 bits per heavy atom. The number of amides is 1. The van der Waals surface area contributed by atoms with Crippen LogP contribution >= 0.6 is 12.2 Å². The van der Waals surface area contributed by atoms with Gasteiger partial charge >= 0.3 is 6.18 Å². The number of piperazine rings is 1. The molecule has 2 atom stereocenters. The molecule has 0 unspecified atom stereocenters. The molecule has 7 nitrogen and oxygen atoms in total. The summed E-state index contributed by atoms with van der Waals surface area (Å²) in [6.07, 6.45) is 0.451. The number of benzene rings is 1. The molecule has 3 rings (SSSR count). The third kappa shape index (κ3) is 6.08. The number of allylic oxidation sites excluding steroid dienone is 4. The molecular weight excluding hydrogens is 527 g/mol. The summed E-state index contributed by atoms with van der Waals surface area (Å²) in [5.41, 5.74) is -2.76. The van der Waals surface area contributed by atoms with Crippen molar-refractivity contribution in [1.82, 2.24) is 9.21 Å². The topological polar surface area (TPSA) is 81.2 Å². The highest BCUT2D eigenvalue weighted by atomic mass is 32.2. The maximum atomic E-state index is 13.4. The number of hydrogen-bond donors (Lipinski definition) is 1. The largest absolute Gasteiger partial charge is 0.421 e. The van der Waals surface area contributed by atoms with E-state index in [2.05, 4.69) is 0 Å². The van der Waals surface area contributed by atoms with Gasteiger partial charge in [0, 0.05) is 56.1 Å². The van der Waals surface area contributed by atoms with Crippen molar-refractivity contribution in [1.29, 1.82) is 0 Å². The summed E-state index contributed by atoms with van der Waals surface area (Å²) < 4.78 is 68.1. The van der Waals surface area contributed by atoms with E-state index in [1.54, 1.807) is 17.1 Å². The fourth-order valence-corrected chi connectivity index (χ4v) is 6.58. The number of carbonyl (C=O) groups is 1. The maximum Gasteiger partial charge on any atom is 0.421 e. The fourth-order valence-electron chi connectivity index (χ4n) is 4.51. The van der Waals surface area contributed by atoms with E-state index in [-0.39, 0.29) is 48.6 Å². The minimum absolute atomic E-state index is 0.0600. The molecule has 0 radical (unpaired) electrons. The van der Waals surface area contributed by atoms with Crippen molar-refractivity contribution in [2.75, 3.05) is 31.1 Å². The first kappa shape index (κ1) is 29.3. The van der Waals surface area contributed by atoms with Crippen molar-refractivity contribution in [3.05, 3.63) is 53.0 Å². The number of aliphatic hydroxyl groups is 1. The molecule has 0 spiro atoms. The summed E-state index contributed by atoms with van der Waals surface area (Å²) in [6.45, 7) is 6.50. The van der Waals surface area contributed by atoms with Crippen LogP contribution in [0.25, 0.3) is 0 Å². The lowest BCUT2D eigenvalue weighted by Crippen LogP contribution is -2.59. The van der Waals surface area contributed by atoms with Crippen molar-refractivity contribution in [3.8, 4) is 0 Å². The predicted molar refractivity (Wildman–Crippen MR) is 141 cm³/mol. The number of thiocarbonyl (C=S) groups is 1. The van der Waals surface area contributed by atoms with E-state index in [1.165, 1.54) is 41.6 Å². The van der Waals surface area contributed by atoms with Crippen molar-refractivity contribution in [2.24, 2.45) is 0 Å². The SMILES string of the molecule is CC(=O)N(C[C@H]1CN(S(=O)(=O)C2=CC=CCC2=S)CCN1c1ccc([C@@](C)(O)C(F)(F)F)cc1)C(C)C. The van der Waals surface area contributed by atoms with Gasteiger partial charge in [-0.3, -0.25) is 4.79 Å². The monoisotopic (exact) mass is 559 g/mol. The molecule has 1 fully saturated rings. The molecule has 1 aromatic carbocycles. The highest BCUT2D eigenvalue weighted by molar-refractivity contribution is 7.96. The molecule has 1 saturated heterocycles. The number of nitrogens with zero attached hydrogens (tertiary/aromatic N) is 3. The number of halogens is 3. The summed E-state index contributed by atoms with van der Waals surface area (Å²) in [4.78, 5) is 16.3. The van der Waals surface area contributed by atoms with Gasteiger partial charge in [-0.25, -0.2) is 8.42 Å². The summed E-state index contributed by atoms with van der Waals surface area (Å²) in [7, 11) is -3.88. The first-order valence-corrected chi connectivity index (χ1v) is 13.8. The van der Waals surface area contributed by atoms with Crippen LogP contribution in [0.3, 0.4) is 0 Å². The van der Waals surface area contributed by atoms with Crippen molar-refractivity contribution >= 4 is 38.7 Å². The molecule has 0 aromatic heterocycles. The number of sulfonamides is 1. The van der Waals surface area contributed by atoms with Crippen LogP contribution in [-0.2, 0) is 20.4 Å². The summed E-state index contributed by atoms with van der Waals surface area (Å²) in [6, 6.07) is 4.76. The lowest BCUT2D eigenvalue weighted by molar-refractivity contribution is -0.258. The summed E-state index contributed by atoms with van der Waals surface area (Å²) >= 11 is 5.29. The van der Waals surface area contributed by atoms with Gasteiger partial charge in [0.25, 0.3) is 0 Å². The Hall–Kier alpha value is -2.28. The zero-order valence-corrected chi connectivity index (χ0v) is 22.8. The van der Waals surface area contributed by atoms with Gasteiger partial charge in [0.05, 0.1) is 10.9 Å². The van der Waals surface area contributed by atoms with Crippen LogP contribution in [-0.4, -0.2) is 77.9 Å². The molecule has 1 aromatic rings. The van der Waals surface area contributed by atoms with E-state index >= 15 is 0 Å². The molecule has 1 aliphatic carbocycles. The second-order valence-electron chi connectivity index (χ2n) is 9.68. The molecular formula is C25H32F3N3O4S2. The Labute approximate surface area is 221 Å². The van der Waals surface area contributed by atoms with Crippen LogP contribution in [0.1, 0.15) is 39.7 Å². The van der Waals surface area contributed by atoms with Crippen LogP contribution in [0.2, 0.25) is 0 Å². The Bertz CT molecular complexity index is 1190. The standard InChI is InChI=1S/C25H32F3N3O4S2/c1-17(2)31(18(3)32)16-21-15-29(37(34,35)23-8-6-5-7-22(23)36)13-14-30(21)20-11-9-19(10-12-20)24(4,33)25(26,27)28/h5-6,8-12,17,21,33H,7,13-16H2,1-4H3/t21-,24-/m1/s1. The highest BCUT2D eigenvalue weighted by Gasteiger charge is 2.51. The molecule has 2 aliphatic rings. The number of hydrogen-bond acceptors (Lipinski definition) is 6. The van der Waals surface area contributed by atoms with Crippen LogP contribution < -0.4 is 4.90 Å². The average molecular weight is 560 g/mol. The Balaban J connectivity index is 1.95. The second kappa shape index (κ2) is 10.8. The van der Waals surface area contributed by atoms with Gasteiger partial charge in [-0.1, -0.05) is 36.5 Å². The molecule has 1 heterocycles. The van der Waals surface area contributed by atoms with E-state index in [9.17, 15) is 31.5 Å². The van der Waals surface area contributed by atoms with E-state index in [0.717, 1.165) is 0 Å². The van der Waals surface area contributed by atoms with Gasteiger partial charge < -0.3 is 14.9 Å². The van der Waals surface area contributed by atoms with Crippen LogP contribution in [0.5, 0.6) is 0 Å². The number of alkyl halides is 3. The van der Waals surface area contributed by atoms with Crippen molar-refractivity contribution in [2.45, 2.75) is 58.0 Å². The second-order valence-corrected chi connectivity index (χ2v) is 12.1. The number of carbonyl (C=O) groups excluding carboxylic acids is 1. The van der Waals surface area contributed by atoms with Crippen molar-refractivity contribution in [3.63, 3.8) is 0 Å².